The minimum absolute atomic E-state index is 0.0929. The summed E-state index contributed by atoms with van der Waals surface area (Å²) in [5.74, 6) is 0.848. The Hall–Kier alpha value is -1.65. The van der Waals surface area contributed by atoms with Gasteiger partial charge in [-0.3, -0.25) is 0 Å². The number of para-hydroxylation sites is 1. The third-order valence-electron chi connectivity index (χ3n) is 4.08. The number of pyridine rings is 1. The van der Waals surface area contributed by atoms with Crippen LogP contribution in [0.3, 0.4) is 0 Å². The minimum atomic E-state index is 0.0929. The molecule has 1 aliphatic carbocycles. The zero-order valence-corrected chi connectivity index (χ0v) is 12.8. The molecule has 3 atom stereocenters. The lowest BCUT2D eigenvalue weighted by molar-refractivity contribution is -0.102. The molecule has 0 spiro atoms. The van der Waals surface area contributed by atoms with Crippen molar-refractivity contribution in [2.75, 3.05) is 13.7 Å². The number of nitrogens with one attached hydrogen (secondary N) is 1. The molecule has 3 unspecified atom stereocenters. The summed E-state index contributed by atoms with van der Waals surface area (Å²) in [7, 11) is 1.97. The van der Waals surface area contributed by atoms with Crippen LogP contribution in [0.2, 0.25) is 0 Å². The number of hydrogen-bond acceptors (Lipinski definition) is 4. The van der Waals surface area contributed by atoms with Gasteiger partial charge in [0.05, 0.1) is 0 Å². The lowest BCUT2D eigenvalue weighted by atomic mass is 9.85. The highest BCUT2D eigenvalue weighted by Crippen LogP contribution is 2.32. The van der Waals surface area contributed by atoms with Crippen molar-refractivity contribution in [2.45, 2.75) is 38.5 Å². The van der Waals surface area contributed by atoms with Gasteiger partial charge < -0.3 is 14.8 Å². The Bertz CT molecular complexity index is 629. The second-order valence-electron chi connectivity index (χ2n) is 5.49. The summed E-state index contributed by atoms with van der Waals surface area (Å²) in [6.07, 6.45) is 1.17. The van der Waals surface area contributed by atoms with Gasteiger partial charge in [-0.05, 0) is 33.0 Å². The van der Waals surface area contributed by atoms with E-state index in [4.69, 9.17) is 9.47 Å². The molecule has 0 bridgehead atoms. The molecule has 2 aromatic rings. The van der Waals surface area contributed by atoms with Gasteiger partial charge >= 0.3 is 0 Å². The normalized spacial score (nSPS) is 24.8. The van der Waals surface area contributed by atoms with Crippen LogP contribution in [-0.4, -0.2) is 36.9 Å². The SMILES string of the molecule is CCOC1C(NC)CC1Oc1cccc2ccc(C)nc12. The molecule has 1 heterocycles. The van der Waals surface area contributed by atoms with Crippen LogP contribution in [0.1, 0.15) is 19.0 Å². The maximum absolute atomic E-state index is 6.19. The van der Waals surface area contributed by atoms with Crippen molar-refractivity contribution >= 4 is 10.9 Å². The summed E-state index contributed by atoms with van der Waals surface area (Å²) < 4.78 is 12.0. The van der Waals surface area contributed by atoms with Crippen LogP contribution in [0.15, 0.2) is 30.3 Å². The Morgan fingerprint density at radius 2 is 2.14 bits per heavy atom. The Morgan fingerprint density at radius 3 is 2.90 bits per heavy atom. The van der Waals surface area contributed by atoms with Crippen molar-refractivity contribution < 1.29 is 9.47 Å². The monoisotopic (exact) mass is 286 g/mol. The fourth-order valence-corrected chi connectivity index (χ4v) is 2.87. The molecule has 112 valence electrons. The summed E-state index contributed by atoms with van der Waals surface area (Å²) in [5.41, 5.74) is 1.93. The minimum Gasteiger partial charge on any atom is -0.485 e. The maximum Gasteiger partial charge on any atom is 0.146 e. The zero-order chi connectivity index (χ0) is 14.8. The molecule has 4 heteroatoms. The highest BCUT2D eigenvalue weighted by Gasteiger charge is 2.43. The number of ether oxygens (including phenoxy) is 2. The second-order valence-corrected chi connectivity index (χ2v) is 5.49. The third-order valence-corrected chi connectivity index (χ3v) is 4.08. The summed E-state index contributed by atoms with van der Waals surface area (Å²) in [4.78, 5) is 4.62. The molecule has 1 N–H and O–H groups in total. The molecule has 1 fully saturated rings. The van der Waals surface area contributed by atoms with Crippen molar-refractivity contribution in [3.63, 3.8) is 0 Å². The molecule has 1 saturated carbocycles. The van der Waals surface area contributed by atoms with Gasteiger partial charge in [-0.2, -0.15) is 0 Å². The molecule has 1 aliphatic rings. The van der Waals surface area contributed by atoms with Crippen molar-refractivity contribution in [1.29, 1.82) is 0 Å². The van der Waals surface area contributed by atoms with E-state index in [9.17, 15) is 0 Å². The van der Waals surface area contributed by atoms with Gasteiger partial charge in [0.2, 0.25) is 0 Å². The van der Waals surface area contributed by atoms with Gasteiger partial charge in [-0.1, -0.05) is 18.2 Å². The summed E-state index contributed by atoms with van der Waals surface area (Å²) in [6.45, 7) is 4.72. The second kappa shape index (κ2) is 6.00. The number of nitrogens with zero attached hydrogens (tertiary/aromatic N) is 1. The highest BCUT2D eigenvalue weighted by molar-refractivity contribution is 5.84. The lowest BCUT2D eigenvalue weighted by Gasteiger charge is -2.43. The summed E-state index contributed by atoms with van der Waals surface area (Å²) in [6, 6.07) is 10.5. The fourth-order valence-electron chi connectivity index (χ4n) is 2.87. The molecule has 1 aromatic carbocycles. The Morgan fingerprint density at radius 1 is 1.29 bits per heavy atom. The standard InChI is InChI=1S/C17H22N2O2/c1-4-20-17-13(18-3)10-15(17)21-14-7-5-6-12-9-8-11(2)19-16(12)14/h5-9,13,15,17-18H,4,10H2,1-3H3. The molecule has 0 amide bonds. The van der Waals surface area contributed by atoms with Crippen LogP contribution in [-0.2, 0) is 4.74 Å². The molecule has 1 aromatic heterocycles. The van der Waals surface area contributed by atoms with Gasteiger partial charge in [-0.15, -0.1) is 0 Å². The van der Waals surface area contributed by atoms with E-state index in [0.717, 1.165) is 28.8 Å². The smallest absolute Gasteiger partial charge is 0.146 e. The first-order valence-corrected chi connectivity index (χ1v) is 7.55. The molecule has 0 saturated heterocycles. The van der Waals surface area contributed by atoms with Gasteiger partial charge in [0.25, 0.3) is 0 Å². The molecule has 0 radical (unpaired) electrons. The van der Waals surface area contributed by atoms with Crippen molar-refractivity contribution in [3.05, 3.63) is 36.0 Å². The van der Waals surface area contributed by atoms with Gasteiger partial charge in [0.1, 0.15) is 23.5 Å². The third kappa shape index (κ3) is 2.74. The summed E-state index contributed by atoms with van der Waals surface area (Å²) >= 11 is 0. The van der Waals surface area contributed by atoms with E-state index in [1.54, 1.807) is 0 Å². The molecule has 21 heavy (non-hydrogen) atoms. The summed E-state index contributed by atoms with van der Waals surface area (Å²) in [5, 5.41) is 4.38. The Labute approximate surface area is 125 Å². The van der Waals surface area contributed by atoms with Crippen LogP contribution in [0.5, 0.6) is 5.75 Å². The average molecular weight is 286 g/mol. The van der Waals surface area contributed by atoms with E-state index in [0.29, 0.717) is 12.6 Å². The molecule has 4 nitrogen and oxygen atoms in total. The molecular weight excluding hydrogens is 264 g/mol. The van der Waals surface area contributed by atoms with E-state index >= 15 is 0 Å². The van der Waals surface area contributed by atoms with Crippen molar-refractivity contribution in [1.82, 2.24) is 10.3 Å². The Balaban J connectivity index is 1.83. The number of fused-ring (bicyclic) bond motifs is 1. The predicted octanol–water partition coefficient (Wildman–Crippen LogP) is 2.69. The van der Waals surface area contributed by atoms with Crippen LogP contribution in [0, 0.1) is 6.92 Å². The van der Waals surface area contributed by atoms with E-state index in [2.05, 4.69) is 22.4 Å². The largest absolute Gasteiger partial charge is 0.485 e. The van der Waals surface area contributed by atoms with Crippen LogP contribution in [0.25, 0.3) is 10.9 Å². The number of hydrogen-bond donors (Lipinski definition) is 1. The number of aromatic nitrogens is 1. The molecular formula is C17H22N2O2. The maximum atomic E-state index is 6.19. The number of rotatable bonds is 5. The van der Waals surface area contributed by atoms with E-state index in [-0.39, 0.29) is 12.2 Å². The van der Waals surface area contributed by atoms with Crippen LogP contribution < -0.4 is 10.1 Å². The van der Waals surface area contributed by atoms with E-state index < -0.39 is 0 Å². The zero-order valence-electron chi connectivity index (χ0n) is 12.8. The van der Waals surface area contributed by atoms with E-state index in [1.165, 1.54) is 0 Å². The van der Waals surface area contributed by atoms with E-state index in [1.807, 2.05) is 39.1 Å². The number of aryl methyl sites for hydroxylation is 1. The molecule has 3 rings (SSSR count). The first kappa shape index (κ1) is 14.3. The topological polar surface area (TPSA) is 43.4 Å². The quantitative estimate of drug-likeness (QED) is 0.918. The number of benzene rings is 1. The van der Waals surface area contributed by atoms with Crippen LogP contribution >= 0.6 is 0 Å². The lowest BCUT2D eigenvalue weighted by Crippen LogP contribution is -2.60. The average Bonchev–Trinajstić information content (AvgIpc) is 2.48. The highest BCUT2D eigenvalue weighted by atomic mass is 16.5. The first-order valence-electron chi connectivity index (χ1n) is 7.55. The Kier molecular flexibility index (Phi) is 4.08. The molecule has 0 aliphatic heterocycles. The fraction of sp³-hybridized carbons (Fsp3) is 0.471. The number of likely N-dealkylation sites (N-methyl/N-ethyl adjacent to an activating group) is 1. The first-order chi connectivity index (χ1) is 10.2. The van der Waals surface area contributed by atoms with Gasteiger partial charge in [0, 0.05) is 30.1 Å². The van der Waals surface area contributed by atoms with Crippen molar-refractivity contribution in [2.24, 2.45) is 0 Å². The van der Waals surface area contributed by atoms with Crippen molar-refractivity contribution in [3.8, 4) is 5.75 Å². The van der Waals surface area contributed by atoms with Gasteiger partial charge in [0.15, 0.2) is 0 Å². The van der Waals surface area contributed by atoms with Crippen LogP contribution in [0.4, 0.5) is 0 Å². The van der Waals surface area contributed by atoms with Gasteiger partial charge in [-0.25, -0.2) is 4.98 Å². The predicted molar refractivity (Wildman–Crippen MR) is 83.8 cm³/mol.